The second-order valence-corrected chi connectivity index (χ2v) is 6.80. The molecule has 2 aliphatic heterocycles. The zero-order valence-corrected chi connectivity index (χ0v) is 13.8. The number of rotatable bonds is 4. The molecule has 1 aromatic carbocycles. The van der Waals surface area contributed by atoms with E-state index >= 15 is 0 Å². The van der Waals surface area contributed by atoms with Crippen molar-refractivity contribution in [3.8, 4) is 0 Å². The molecule has 0 bridgehead atoms. The Balaban J connectivity index is 1.70. The number of hydrogen-bond acceptors (Lipinski definition) is 2. The molecule has 1 aromatic rings. The highest BCUT2D eigenvalue weighted by Crippen LogP contribution is 2.40. The summed E-state index contributed by atoms with van der Waals surface area (Å²) in [5.74, 6) is -0.0929. The maximum atomic E-state index is 13.0. The first-order valence-electron chi connectivity index (χ1n) is 8.46. The number of piperidine rings is 1. The van der Waals surface area contributed by atoms with Gasteiger partial charge in [-0.1, -0.05) is 18.2 Å². The van der Waals surface area contributed by atoms with Crippen LogP contribution in [0.3, 0.4) is 0 Å². The fraction of sp³-hybridized carbons (Fsp3) is 0.474. The Bertz CT molecular complexity index is 643. The van der Waals surface area contributed by atoms with E-state index in [1.165, 1.54) is 12.1 Å². The molecule has 1 spiro atoms. The van der Waals surface area contributed by atoms with Crippen molar-refractivity contribution in [1.82, 2.24) is 9.80 Å². The van der Waals surface area contributed by atoms with E-state index in [2.05, 4.69) is 6.58 Å². The van der Waals surface area contributed by atoms with E-state index in [4.69, 9.17) is 0 Å². The molecule has 0 N–H and O–H groups in total. The topological polar surface area (TPSA) is 40.6 Å². The number of carbonyl (C=O) groups is 2. The predicted octanol–water partition coefficient (Wildman–Crippen LogP) is 2.74. The molecular formula is C19H23FN2O2. The first kappa shape index (κ1) is 16.7. The van der Waals surface area contributed by atoms with Gasteiger partial charge in [-0.05, 0) is 37.0 Å². The molecule has 2 heterocycles. The zero-order chi connectivity index (χ0) is 17.2. The van der Waals surface area contributed by atoms with E-state index in [0.717, 1.165) is 31.4 Å². The highest BCUT2D eigenvalue weighted by atomic mass is 19.1. The van der Waals surface area contributed by atoms with Crippen LogP contribution in [-0.2, 0) is 16.1 Å². The van der Waals surface area contributed by atoms with Crippen LogP contribution in [0.2, 0.25) is 0 Å². The van der Waals surface area contributed by atoms with Crippen LogP contribution in [0, 0.1) is 11.2 Å². The maximum Gasteiger partial charge on any atom is 0.230 e. The summed E-state index contributed by atoms with van der Waals surface area (Å²) in [6, 6.07) is 6.28. The highest BCUT2D eigenvalue weighted by Gasteiger charge is 2.49. The summed E-state index contributed by atoms with van der Waals surface area (Å²) in [5, 5.41) is 0. The van der Waals surface area contributed by atoms with E-state index in [-0.39, 0.29) is 17.6 Å². The fourth-order valence-electron chi connectivity index (χ4n) is 3.83. The van der Waals surface area contributed by atoms with Crippen LogP contribution >= 0.6 is 0 Å². The molecule has 128 valence electrons. The molecule has 2 fully saturated rings. The lowest BCUT2D eigenvalue weighted by atomic mass is 9.78. The van der Waals surface area contributed by atoms with Crippen LogP contribution in [0.15, 0.2) is 36.9 Å². The molecule has 0 unspecified atom stereocenters. The molecule has 4 nitrogen and oxygen atoms in total. The number of nitrogens with zero attached hydrogens (tertiary/aromatic N) is 2. The Kier molecular flexibility index (Phi) is 4.69. The van der Waals surface area contributed by atoms with Crippen molar-refractivity contribution < 1.29 is 14.0 Å². The van der Waals surface area contributed by atoms with Crippen molar-refractivity contribution in [3.05, 3.63) is 48.3 Å². The monoisotopic (exact) mass is 330 g/mol. The number of amides is 2. The molecule has 5 heteroatoms. The zero-order valence-electron chi connectivity index (χ0n) is 13.8. The Morgan fingerprint density at radius 1 is 1.25 bits per heavy atom. The van der Waals surface area contributed by atoms with Crippen molar-refractivity contribution >= 4 is 11.8 Å². The van der Waals surface area contributed by atoms with Crippen molar-refractivity contribution in [2.24, 2.45) is 5.41 Å². The van der Waals surface area contributed by atoms with E-state index in [1.54, 1.807) is 23.1 Å². The van der Waals surface area contributed by atoms with E-state index in [1.807, 2.05) is 4.90 Å². The van der Waals surface area contributed by atoms with Crippen molar-refractivity contribution in [1.29, 1.82) is 0 Å². The minimum absolute atomic E-state index is 0.0466. The molecule has 2 saturated heterocycles. The third-order valence-corrected chi connectivity index (χ3v) is 5.14. The van der Waals surface area contributed by atoms with Gasteiger partial charge in [-0.15, -0.1) is 6.58 Å². The Labute approximate surface area is 141 Å². The quantitative estimate of drug-likeness (QED) is 0.797. The molecule has 2 amide bonds. The number of likely N-dealkylation sites (tertiary alicyclic amines) is 2. The van der Waals surface area contributed by atoms with Crippen LogP contribution in [0.5, 0.6) is 0 Å². The van der Waals surface area contributed by atoms with Gasteiger partial charge in [0.25, 0.3) is 0 Å². The molecule has 0 saturated carbocycles. The Morgan fingerprint density at radius 3 is 2.71 bits per heavy atom. The fourth-order valence-corrected chi connectivity index (χ4v) is 3.83. The van der Waals surface area contributed by atoms with Gasteiger partial charge in [-0.2, -0.15) is 0 Å². The molecule has 0 aliphatic carbocycles. The number of hydrogen-bond donors (Lipinski definition) is 0. The highest BCUT2D eigenvalue weighted by molar-refractivity contribution is 5.86. The summed E-state index contributed by atoms with van der Waals surface area (Å²) in [6.45, 7) is 5.98. The number of halogens is 1. The van der Waals surface area contributed by atoms with Gasteiger partial charge in [0.1, 0.15) is 5.82 Å². The summed E-state index contributed by atoms with van der Waals surface area (Å²) >= 11 is 0. The van der Waals surface area contributed by atoms with Crippen LogP contribution < -0.4 is 0 Å². The van der Waals surface area contributed by atoms with Crippen molar-refractivity contribution in [3.63, 3.8) is 0 Å². The van der Waals surface area contributed by atoms with Gasteiger partial charge in [-0.25, -0.2) is 4.39 Å². The van der Waals surface area contributed by atoms with E-state index < -0.39 is 5.41 Å². The van der Waals surface area contributed by atoms with Gasteiger partial charge in [0.15, 0.2) is 0 Å². The average molecular weight is 330 g/mol. The average Bonchev–Trinajstić information content (AvgIpc) is 3.00. The Morgan fingerprint density at radius 2 is 2.00 bits per heavy atom. The van der Waals surface area contributed by atoms with Gasteiger partial charge in [0, 0.05) is 32.6 Å². The lowest BCUT2D eigenvalue weighted by Gasteiger charge is -2.39. The van der Waals surface area contributed by atoms with Crippen LogP contribution in [0.1, 0.15) is 31.2 Å². The van der Waals surface area contributed by atoms with Gasteiger partial charge in [-0.3, -0.25) is 9.59 Å². The molecule has 1 atom stereocenters. The number of benzene rings is 1. The van der Waals surface area contributed by atoms with Gasteiger partial charge in [0.2, 0.25) is 11.8 Å². The third kappa shape index (κ3) is 3.21. The summed E-state index contributed by atoms with van der Waals surface area (Å²) in [5.41, 5.74) is 0.495. The van der Waals surface area contributed by atoms with Gasteiger partial charge < -0.3 is 9.80 Å². The maximum absolute atomic E-state index is 13.0. The van der Waals surface area contributed by atoms with Crippen molar-refractivity contribution in [2.75, 3.05) is 19.6 Å². The molecular weight excluding hydrogens is 307 g/mol. The second kappa shape index (κ2) is 6.75. The molecule has 3 rings (SSSR count). The summed E-state index contributed by atoms with van der Waals surface area (Å²) in [7, 11) is 0. The molecule has 24 heavy (non-hydrogen) atoms. The molecule has 0 radical (unpaired) electrons. The second-order valence-electron chi connectivity index (χ2n) is 6.80. The van der Waals surface area contributed by atoms with Gasteiger partial charge >= 0.3 is 0 Å². The first-order valence-corrected chi connectivity index (χ1v) is 8.46. The lowest BCUT2D eigenvalue weighted by Crippen LogP contribution is -2.50. The molecule has 0 aromatic heterocycles. The predicted molar refractivity (Wildman–Crippen MR) is 89.5 cm³/mol. The van der Waals surface area contributed by atoms with Gasteiger partial charge in [0.05, 0.1) is 5.41 Å². The minimum atomic E-state index is -0.435. The lowest BCUT2D eigenvalue weighted by molar-refractivity contribution is -0.146. The summed E-state index contributed by atoms with van der Waals surface area (Å²) in [4.78, 5) is 28.8. The summed E-state index contributed by atoms with van der Waals surface area (Å²) in [6.07, 6.45) is 4.44. The first-order chi connectivity index (χ1) is 11.5. The van der Waals surface area contributed by atoms with Crippen LogP contribution in [-0.4, -0.2) is 41.2 Å². The number of carbonyl (C=O) groups excluding carboxylic acids is 2. The van der Waals surface area contributed by atoms with E-state index in [9.17, 15) is 14.0 Å². The summed E-state index contributed by atoms with van der Waals surface area (Å²) < 4.78 is 13.0. The third-order valence-electron chi connectivity index (χ3n) is 5.14. The standard InChI is InChI=1S/C19H23FN2O2/c1-2-4-17(23)22-12-10-19(14-22)9-3-11-21(18(19)24)13-15-5-7-16(20)8-6-15/h2,5-8H,1,3-4,9-14H2/t19-/m1/s1. The Hall–Kier alpha value is -2.17. The van der Waals surface area contributed by atoms with E-state index in [0.29, 0.717) is 26.1 Å². The van der Waals surface area contributed by atoms with Crippen LogP contribution in [0.25, 0.3) is 0 Å². The van der Waals surface area contributed by atoms with Crippen LogP contribution in [0.4, 0.5) is 4.39 Å². The molecule has 2 aliphatic rings. The normalized spacial score (nSPS) is 23.8. The van der Waals surface area contributed by atoms with Crippen molar-refractivity contribution in [2.45, 2.75) is 32.2 Å². The minimum Gasteiger partial charge on any atom is -0.341 e. The SMILES string of the molecule is C=CCC(=O)N1CC[C@]2(CCCN(Cc3ccc(F)cc3)C2=O)C1. The largest absolute Gasteiger partial charge is 0.341 e. The smallest absolute Gasteiger partial charge is 0.230 e.